The lowest BCUT2D eigenvalue weighted by atomic mass is 10.1. The Bertz CT molecular complexity index is 535. The monoisotopic (exact) mass is 294 g/mol. The van der Waals surface area contributed by atoms with Crippen LogP contribution < -0.4 is 11.1 Å². The third-order valence-corrected chi connectivity index (χ3v) is 2.99. The largest absolute Gasteiger partial charge is 0.397 e. The number of benzene rings is 2. The minimum atomic E-state index is -0.288. The Morgan fingerprint density at radius 3 is 2.71 bits per heavy atom. The number of aryl methyl sites for hydroxylation is 1. The zero-order valence-corrected chi connectivity index (χ0v) is 10.9. The SMILES string of the molecule is Cc1cccc(F)c1Nc1cc(Br)ccc1N. The molecule has 17 heavy (non-hydrogen) atoms. The second kappa shape index (κ2) is 4.75. The van der Waals surface area contributed by atoms with Gasteiger partial charge in [-0.15, -0.1) is 0 Å². The van der Waals surface area contributed by atoms with Crippen molar-refractivity contribution in [2.24, 2.45) is 0 Å². The van der Waals surface area contributed by atoms with Crippen molar-refractivity contribution in [2.45, 2.75) is 6.92 Å². The number of hydrogen-bond donors (Lipinski definition) is 2. The molecule has 0 atom stereocenters. The molecule has 0 spiro atoms. The van der Waals surface area contributed by atoms with Gasteiger partial charge in [0.1, 0.15) is 5.82 Å². The smallest absolute Gasteiger partial charge is 0.146 e. The van der Waals surface area contributed by atoms with Gasteiger partial charge in [0.05, 0.1) is 17.1 Å². The summed E-state index contributed by atoms with van der Waals surface area (Å²) in [7, 11) is 0. The summed E-state index contributed by atoms with van der Waals surface area (Å²) in [6.45, 7) is 1.85. The Labute approximate surface area is 108 Å². The van der Waals surface area contributed by atoms with Gasteiger partial charge < -0.3 is 11.1 Å². The van der Waals surface area contributed by atoms with E-state index in [0.717, 1.165) is 10.0 Å². The molecule has 88 valence electrons. The number of halogens is 2. The van der Waals surface area contributed by atoms with Crippen molar-refractivity contribution in [1.29, 1.82) is 0 Å². The normalized spacial score (nSPS) is 10.3. The van der Waals surface area contributed by atoms with Gasteiger partial charge in [0, 0.05) is 4.47 Å². The van der Waals surface area contributed by atoms with Crippen LogP contribution >= 0.6 is 15.9 Å². The molecule has 2 nitrogen and oxygen atoms in total. The Morgan fingerprint density at radius 1 is 1.24 bits per heavy atom. The third kappa shape index (κ3) is 2.58. The maximum absolute atomic E-state index is 13.7. The Morgan fingerprint density at radius 2 is 2.00 bits per heavy atom. The molecule has 0 amide bonds. The number of rotatable bonds is 2. The van der Waals surface area contributed by atoms with Crippen molar-refractivity contribution in [3.8, 4) is 0 Å². The van der Waals surface area contributed by atoms with Gasteiger partial charge in [0.25, 0.3) is 0 Å². The van der Waals surface area contributed by atoms with Gasteiger partial charge in [-0.3, -0.25) is 0 Å². The van der Waals surface area contributed by atoms with E-state index in [-0.39, 0.29) is 5.82 Å². The highest BCUT2D eigenvalue weighted by Gasteiger charge is 2.07. The quantitative estimate of drug-likeness (QED) is 0.814. The van der Waals surface area contributed by atoms with Gasteiger partial charge in [-0.25, -0.2) is 4.39 Å². The molecule has 0 aliphatic carbocycles. The Hall–Kier alpha value is -1.55. The van der Waals surface area contributed by atoms with E-state index in [9.17, 15) is 4.39 Å². The van der Waals surface area contributed by atoms with Gasteiger partial charge >= 0.3 is 0 Å². The van der Waals surface area contributed by atoms with Crippen LogP contribution in [0.2, 0.25) is 0 Å². The molecule has 0 radical (unpaired) electrons. The van der Waals surface area contributed by atoms with E-state index in [4.69, 9.17) is 5.73 Å². The van der Waals surface area contributed by atoms with Crippen LogP contribution in [0.5, 0.6) is 0 Å². The first-order valence-corrected chi connectivity index (χ1v) is 5.94. The molecule has 2 aromatic rings. The van der Waals surface area contributed by atoms with Crippen molar-refractivity contribution in [2.75, 3.05) is 11.1 Å². The summed E-state index contributed by atoms with van der Waals surface area (Å²) in [5, 5.41) is 3.02. The second-order valence-electron chi connectivity index (χ2n) is 3.79. The van der Waals surface area contributed by atoms with E-state index in [1.54, 1.807) is 12.1 Å². The fourth-order valence-corrected chi connectivity index (χ4v) is 1.92. The molecule has 0 heterocycles. The molecule has 0 aromatic heterocycles. The first-order valence-electron chi connectivity index (χ1n) is 5.15. The molecule has 0 aliphatic heterocycles. The van der Waals surface area contributed by atoms with Gasteiger partial charge in [-0.2, -0.15) is 0 Å². The summed E-state index contributed by atoms with van der Waals surface area (Å²) < 4.78 is 14.5. The van der Waals surface area contributed by atoms with E-state index in [1.165, 1.54) is 6.07 Å². The maximum Gasteiger partial charge on any atom is 0.146 e. The molecule has 0 unspecified atom stereocenters. The van der Waals surface area contributed by atoms with E-state index < -0.39 is 0 Å². The Balaban J connectivity index is 2.41. The van der Waals surface area contributed by atoms with Crippen molar-refractivity contribution in [3.05, 3.63) is 52.3 Å². The molecular formula is C13H12BrFN2. The van der Waals surface area contributed by atoms with Crippen LogP contribution in [0.25, 0.3) is 0 Å². The molecule has 0 fully saturated rings. The van der Waals surface area contributed by atoms with Crippen LogP contribution in [0, 0.1) is 12.7 Å². The molecule has 0 bridgehead atoms. The zero-order valence-electron chi connectivity index (χ0n) is 9.30. The standard InChI is InChI=1S/C13H12BrFN2/c1-8-3-2-4-10(15)13(8)17-12-7-9(14)5-6-11(12)16/h2-7,17H,16H2,1H3. The predicted molar refractivity (Wildman–Crippen MR) is 73.0 cm³/mol. The van der Waals surface area contributed by atoms with E-state index in [0.29, 0.717) is 17.1 Å². The highest BCUT2D eigenvalue weighted by atomic mass is 79.9. The number of anilines is 3. The fourth-order valence-electron chi connectivity index (χ4n) is 1.56. The van der Waals surface area contributed by atoms with E-state index in [2.05, 4.69) is 21.2 Å². The van der Waals surface area contributed by atoms with Crippen molar-refractivity contribution >= 4 is 33.0 Å². The van der Waals surface area contributed by atoms with E-state index >= 15 is 0 Å². The van der Waals surface area contributed by atoms with E-state index in [1.807, 2.05) is 25.1 Å². The molecule has 4 heteroatoms. The van der Waals surface area contributed by atoms with Crippen LogP contribution in [0.4, 0.5) is 21.5 Å². The molecule has 0 aliphatic rings. The summed E-state index contributed by atoms with van der Waals surface area (Å²) in [6, 6.07) is 10.4. The molecule has 0 saturated heterocycles. The maximum atomic E-state index is 13.7. The highest BCUT2D eigenvalue weighted by Crippen LogP contribution is 2.29. The number of para-hydroxylation sites is 1. The molecular weight excluding hydrogens is 283 g/mol. The summed E-state index contributed by atoms with van der Waals surface area (Å²) in [4.78, 5) is 0. The van der Waals surface area contributed by atoms with Crippen LogP contribution in [0.15, 0.2) is 40.9 Å². The van der Waals surface area contributed by atoms with Gasteiger partial charge in [-0.1, -0.05) is 28.1 Å². The molecule has 3 N–H and O–H groups in total. The van der Waals surface area contributed by atoms with Crippen LogP contribution in [-0.4, -0.2) is 0 Å². The number of nitrogens with one attached hydrogen (secondary N) is 1. The topological polar surface area (TPSA) is 38.0 Å². The fraction of sp³-hybridized carbons (Fsp3) is 0.0769. The summed E-state index contributed by atoms with van der Waals surface area (Å²) >= 11 is 3.36. The lowest BCUT2D eigenvalue weighted by molar-refractivity contribution is 0.631. The first-order chi connectivity index (χ1) is 8.08. The number of hydrogen-bond acceptors (Lipinski definition) is 2. The van der Waals surface area contributed by atoms with Gasteiger partial charge in [-0.05, 0) is 36.8 Å². The van der Waals surface area contributed by atoms with Crippen molar-refractivity contribution in [1.82, 2.24) is 0 Å². The van der Waals surface area contributed by atoms with Crippen LogP contribution in [-0.2, 0) is 0 Å². The van der Waals surface area contributed by atoms with Crippen molar-refractivity contribution in [3.63, 3.8) is 0 Å². The zero-order chi connectivity index (χ0) is 12.4. The molecule has 0 saturated carbocycles. The minimum Gasteiger partial charge on any atom is -0.397 e. The number of nitrogens with two attached hydrogens (primary N) is 1. The summed E-state index contributed by atoms with van der Waals surface area (Å²) in [5.74, 6) is -0.288. The highest BCUT2D eigenvalue weighted by molar-refractivity contribution is 9.10. The van der Waals surface area contributed by atoms with Crippen LogP contribution in [0.1, 0.15) is 5.56 Å². The molecule has 2 rings (SSSR count). The lowest BCUT2D eigenvalue weighted by Gasteiger charge is -2.12. The second-order valence-corrected chi connectivity index (χ2v) is 4.70. The van der Waals surface area contributed by atoms with Gasteiger partial charge in [0.2, 0.25) is 0 Å². The van der Waals surface area contributed by atoms with Crippen LogP contribution in [0.3, 0.4) is 0 Å². The van der Waals surface area contributed by atoms with Gasteiger partial charge in [0.15, 0.2) is 0 Å². The van der Waals surface area contributed by atoms with Crippen molar-refractivity contribution < 1.29 is 4.39 Å². The first kappa shape index (κ1) is 11.9. The average Bonchev–Trinajstić information content (AvgIpc) is 2.28. The summed E-state index contributed by atoms with van der Waals surface area (Å²) in [5.41, 5.74) is 8.39. The third-order valence-electron chi connectivity index (χ3n) is 2.50. The summed E-state index contributed by atoms with van der Waals surface area (Å²) in [6.07, 6.45) is 0. The molecule has 2 aromatic carbocycles. The Kier molecular flexibility index (Phi) is 3.33. The predicted octanol–water partition coefficient (Wildman–Crippen LogP) is 4.22. The average molecular weight is 295 g/mol. The number of nitrogen functional groups attached to an aromatic ring is 1. The minimum absolute atomic E-state index is 0.288. The lowest BCUT2D eigenvalue weighted by Crippen LogP contribution is -2.00.